The molecule has 3 N–H and O–H groups in total. The van der Waals surface area contributed by atoms with Crippen molar-refractivity contribution >= 4 is 29.1 Å². The third-order valence-corrected chi connectivity index (χ3v) is 0.421. The molecule has 0 aliphatic rings. The van der Waals surface area contributed by atoms with Crippen LogP contribution in [0.4, 0.5) is 0 Å². The van der Waals surface area contributed by atoms with E-state index in [9.17, 15) is 0 Å². The molecular weight excluding hydrogens is 291 g/mol. The Morgan fingerprint density at radius 3 is 1.30 bits per heavy atom. The van der Waals surface area contributed by atoms with Gasteiger partial charge in [-0.15, -0.1) is 0 Å². The molecule has 0 bridgehead atoms. The molecular formula is C3H8Cl3O3Ru. The summed E-state index contributed by atoms with van der Waals surface area (Å²) in [5.74, 6) is 0. The van der Waals surface area contributed by atoms with Gasteiger partial charge in [0.25, 0.3) is 0 Å². The van der Waals surface area contributed by atoms with Crippen molar-refractivity contribution in [2.24, 2.45) is 0 Å². The van der Waals surface area contributed by atoms with E-state index in [0.717, 1.165) is 0 Å². The van der Waals surface area contributed by atoms with Crippen LogP contribution in [0, 0.1) is 0 Å². The summed E-state index contributed by atoms with van der Waals surface area (Å²) in [4.78, 5) is 0. The van der Waals surface area contributed by atoms with Crippen LogP contribution in [-0.4, -0.2) is 34.6 Å². The summed E-state index contributed by atoms with van der Waals surface area (Å²) >= 11 is -1.75. The molecule has 0 aliphatic carbocycles. The Morgan fingerprint density at radius 2 is 1.30 bits per heavy atom. The number of hydrogen-bond acceptors (Lipinski definition) is 3. The molecule has 0 amide bonds. The Hall–Kier alpha value is 1.37. The minimum atomic E-state index is -1.75. The quantitative estimate of drug-likeness (QED) is 0.647. The maximum absolute atomic E-state index is 8.17. The van der Waals surface area contributed by atoms with Crippen molar-refractivity contribution in [2.45, 2.75) is 6.10 Å². The monoisotopic (exact) mass is 299 g/mol. The SMILES string of the molecule is OCC(O)CO.[Cl][Ru]([Cl])[Cl]. The van der Waals surface area contributed by atoms with Crippen LogP contribution in [-0.2, 0) is 13.0 Å². The van der Waals surface area contributed by atoms with Crippen molar-refractivity contribution < 1.29 is 28.3 Å². The van der Waals surface area contributed by atoms with E-state index >= 15 is 0 Å². The van der Waals surface area contributed by atoms with Crippen molar-refractivity contribution in [3.05, 3.63) is 0 Å². The van der Waals surface area contributed by atoms with Gasteiger partial charge < -0.3 is 15.3 Å². The number of aliphatic hydroxyl groups is 3. The first-order valence-corrected chi connectivity index (χ1v) is 8.82. The molecule has 10 heavy (non-hydrogen) atoms. The molecule has 0 rings (SSSR count). The van der Waals surface area contributed by atoms with Crippen molar-refractivity contribution in [3.63, 3.8) is 0 Å². The van der Waals surface area contributed by atoms with Crippen LogP contribution in [0.5, 0.6) is 0 Å². The van der Waals surface area contributed by atoms with Crippen molar-refractivity contribution in [3.8, 4) is 0 Å². The number of hydrogen-bond donors (Lipinski definition) is 3. The second-order valence-corrected chi connectivity index (χ2v) is 9.09. The fourth-order valence-corrected chi connectivity index (χ4v) is 0.0577. The van der Waals surface area contributed by atoms with E-state index in [1.807, 2.05) is 0 Å². The molecule has 0 saturated carbocycles. The fraction of sp³-hybridized carbons (Fsp3) is 1.00. The van der Waals surface area contributed by atoms with Gasteiger partial charge in [-0.3, -0.25) is 0 Å². The first-order chi connectivity index (χ1) is 4.54. The molecule has 3 nitrogen and oxygen atoms in total. The number of rotatable bonds is 2. The average Bonchev–Trinajstić information content (AvgIpc) is 1.85. The number of halogens is 3. The molecule has 0 aromatic heterocycles. The van der Waals surface area contributed by atoms with E-state index in [2.05, 4.69) is 0 Å². The average molecular weight is 300 g/mol. The van der Waals surface area contributed by atoms with Gasteiger partial charge in [-0.2, -0.15) is 0 Å². The van der Waals surface area contributed by atoms with Gasteiger partial charge in [0.15, 0.2) is 0 Å². The normalized spacial score (nSPS) is 10.5. The van der Waals surface area contributed by atoms with Crippen molar-refractivity contribution in [1.82, 2.24) is 0 Å². The molecule has 0 fully saturated rings. The minimum absolute atomic E-state index is 0.365. The van der Waals surface area contributed by atoms with Gasteiger partial charge >= 0.3 is 42.1 Å². The van der Waals surface area contributed by atoms with E-state index in [1.54, 1.807) is 0 Å². The molecule has 0 unspecified atom stereocenters. The van der Waals surface area contributed by atoms with Crippen molar-refractivity contribution in [1.29, 1.82) is 0 Å². The van der Waals surface area contributed by atoms with Gasteiger partial charge in [0.2, 0.25) is 0 Å². The first-order valence-electron chi connectivity index (χ1n) is 2.11. The topological polar surface area (TPSA) is 60.7 Å². The molecule has 67 valence electrons. The molecule has 7 heteroatoms. The molecule has 0 spiro atoms. The van der Waals surface area contributed by atoms with Gasteiger partial charge in [-0.25, -0.2) is 0 Å². The van der Waals surface area contributed by atoms with Crippen LogP contribution in [0.1, 0.15) is 0 Å². The Balaban J connectivity index is 0. The maximum atomic E-state index is 8.17. The summed E-state index contributed by atoms with van der Waals surface area (Å²) in [7, 11) is 14.8. The van der Waals surface area contributed by atoms with E-state index in [0.29, 0.717) is 0 Å². The molecule has 0 heterocycles. The second-order valence-electron chi connectivity index (χ2n) is 1.17. The van der Waals surface area contributed by atoms with E-state index in [4.69, 9.17) is 44.4 Å². The zero-order valence-corrected chi connectivity index (χ0v) is 8.83. The van der Waals surface area contributed by atoms with E-state index < -0.39 is 19.1 Å². The van der Waals surface area contributed by atoms with Gasteiger partial charge in [0.1, 0.15) is 6.10 Å². The fourth-order valence-electron chi connectivity index (χ4n) is 0.0577. The van der Waals surface area contributed by atoms with Crippen molar-refractivity contribution in [2.75, 3.05) is 13.2 Å². The van der Waals surface area contributed by atoms with Crippen LogP contribution in [0.2, 0.25) is 0 Å². The molecule has 0 radical (unpaired) electrons. The molecule has 0 aliphatic heterocycles. The summed E-state index contributed by atoms with van der Waals surface area (Å²) in [6.45, 7) is -0.729. The summed E-state index contributed by atoms with van der Waals surface area (Å²) in [5.41, 5.74) is 0. The molecule has 0 atom stereocenters. The zero-order valence-electron chi connectivity index (χ0n) is 4.82. The Bertz CT molecular complexity index is 58.2. The molecule has 0 saturated heterocycles. The van der Waals surface area contributed by atoms with Gasteiger partial charge in [0, 0.05) is 0 Å². The second kappa shape index (κ2) is 10.4. The van der Waals surface area contributed by atoms with Gasteiger partial charge in [0.05, 0.1) is 13.2 Å². The third-order valence-electron chi connectivity index (χ3n) is 0.421. The predicted molar refractivity (Wildman–Crippen MR) is 37.7 cm³/mol. The molecule has 0 aromatic rings. The summed E-state index contributed by atoms with van der Waals surface area (Å²) in [6, 6.07) is 0. The summed E-state index contributed by atoms with van der Waals surface area (Å²) in [5, 5.41) is 24.0. The van der Waals surface area contributed by atoms with E-state index in [-0.39, 0.29) is 13.2 Å². The molecule has 0 aromatic carbocycles. The third kappa shape index (κ3) is 22.8. The van der Waals surface area contributed by atoms with Crippen LogP contribution < -0.4 is 0 Å². The van der Waals surface area contributed by atoms with Crippen LogP contribution in [0.3, 0.4) is 0 Å². The Kier molecular flexibility index (Phi) is 14.4. The van der Waals surface area contributed by atoms with E-state index in [1.165, 1.54) is 0 Å². The zero-order chi connectivity index (χ0) is 8.57. The standard InChI is InChI=1S/C3H8O3.3ClH.Ru/c4-1-3(6)2-5;;;;/h3-6H,1-2H2;3*1H;/q;;;;+3/p-3. The van der Waals surface area contributed by atoms with Crippen LogP contribution in [0.25, 0.3) is 0 Å². The van der Waals surface area contributed by atoms with Gasteiger partial charge in [-0.05, 0) is 0 Å². The summed E-state index contributed by atoms with van der Waals surface area (Å²) < 4.78 is 0. The Morgan fingerprint density at radius 1 is 1.10 bits per heavy atom. The number of aliphatic hydroxyl groups excluding tert-OH is 3. The predicted octanol–water partition coefficient (Wildman–Crippen LogP) is 0.398. The Labute approximate surface area is 76.5 Å². The van der Waals surface area contributed by atoms with Crippen LogP contribution in [0.15, 0.2) is 0 Å². The summed E-state index contributed by atoms with van der Waals surface area (Å²) in [6.07, 6.45) is -0.954. The van der Waals surface area contributed by atoms with Crippen LogP contribution >= 0.6 is 29.1 Å². The first kappa shape index (κ1) is 13.9. The van der Waals surface area contributed by atoms with Gasteiger partial charge in [-0.1, -0.05) is 0 Å².